The van der Waals surface area contributed by atoms with Gasteiger partial charge in [0.25, 0.3) is 0 Å². The maximum absolute atomic E-state index is 12.4. The number of carboxylic acids is 1. The number of hydrogen-bond acceptors (Lipinski definition) is 7. The number of carbonyl (C=O) groups excluding carboxylic acids is 5. The Bertz CT molecular complexity index is 624. The second-order valence-corrected chi connectivity index (χ2v) is 6.08. The van der Waals surface area contributed by atoms with Crippen molar-refractivity contribution in [2.75, 3.05) is 0 Å². The summed E-state index contributed by atoms with van der Waals surface area (Å²) in [6.07, 6.45) is -1.24. The Balaban J connectivity index is 5.08. The Labute approximate surface area is 160 Å². The molecule has 0 radical (unpaired) electrons. The van der Waals surface area contributed by atoms with Crippen molar-refractivity contribution < 1.29 is 33.9 Å². The normalized spacial score (nSPS) is 13.6. The van der Waals surface area contributed by atoms with Crippen molar-refractivity contribution in [2.24, 2.45) is 22.9 Å². The van der Waals surface area contributed by atoms with Crippen LogP contribution >= 0.6 is 0 Å². The van der Waals surface area contributed by atoms with Crippen molar-refractivity contribution in [2.45, 2.75) is 56.7 Å². The zero-order valence-corrected chi connectivity index (χ0v) is 15.2. The van der Waals surface area contributed by atoms with Crippen LogP contribution in [0.4, 0.5) is 0 Å². The number of aliphatic carboxylic acids is 1. The molecule has 0 aliphatic rings. The Morgan fingerprint density at radius 1 is 0.679 bits per heavy atom. The van der Waals surface area contributed by atoms with Gasteiger partial charge in [0, 0.05) is 19.3 Å². The zero-order chi connectivity index (χ0) is 21.9. The van der Waals surface area contributed by atoms with Gasteiger partial charge in [-0.3, -0.25) is 24.0 Å². The van der Waals surface area contributed by atoms with Crippen LogP contribution in [-0.4, -0.2) is 58.7 Å². The molecule has 0 bridgehead atoms. The van der Waals surface area contributed by atoms with Crippen molar-refractivity contribution in [1.29, 1.82) is 0 Å². The third kappa shape index (κ3) is 10.7. The molecular weight excluding hydrogens is 376 g/mol. The van der Waals surface area contributed by atoms with E-state index >= 15 is 0 Å². The third-order valence-electron chi connectivity index (χ3n) is 3.64. The predicted molar refractivity (Wildman–Crippen MR) is 94.8 cm³/mol. The van der Waals surface area contributed by atoms with E-state index in [1.165, 1.54) is 0 Å². The fraction of sp³-hybridized carbons (Fsp3) is 0.600. The van der Waals surface area contributed by atoms with Gasteiger partial charge in [-0.15, -0.1) is 0 Å². The summed E-state index contributed by atoms with van der Waals surface area (Å²) in [7, 11) is 0. The molecule has 0 saturated heterocycles. The van der Waals surface area contributed by atoms with Gasteiger partial charge in [-0.25, -0.2) is 4.79 Å². The molecule has 0 fully saturated rings. The van der Waals surface area contributed by atoms with Crippen LogP contribution in [0.15, 0.2) is 0 Å². The van der Waals surface area contributed by atoms with E-state index in [0.717, 1.165) is 0 Å². The minimum Gasteiger partial charge on any atom is -0.480 e. The number of carbonyl (C=O) groups is 6. The van der Waals surface area contributed by atoms with Gasteiger partial charge >= 0.3 is 5.97 Å². The van der Waals surface area contributed by atoms with Crippen molar-refractivity contribution >= 4 is 35.5 Å². The van der Waals surface area contributed by atoms with E-state index < -0.39 is 53.6 Å². The molecule has 0 aliphatic heterocycles. The van der Waals surface area contributed by atoms with Gasteiger partial charge in [-0.1, -0.05) is 0 Å². The molecule has 158 valence electrons. The van der Waals surface area contributed by atoms with Crippen molar-refractivity contribution in [1.82, 2.24) is 10.6 Å². The maximum atomic E-state index is 12.4. The van der Waals surface area contributed by atoms with Crippen LogP contribution in [0, 0.1) is 0 Å². The summed E-state index contributed by atoms with van der Waals surface area (Å²) in [6.45, 7) is 0. The summed E-state index contributed by atoms with van der Waals surface area (Å²) in [5.74, 6) is -5.27. The van der Waals surface area contributed by atoms with Gasteiger partial charge in [0.05, 0.1) is 6.04 Å². The predicted octanol–water partition coefficient (Wildman–Crippen LogP) is -3.84. The van der Waals surface area contributed by atoms with Crippen molar-refractivity contribution in [3.63, 3.8) is 0 Å². The standard InChI is InChI=1S/C15H26N6O7/c16-7(1-4-10(17)22)13(25)20-8(2-5-11(18)23)14(26)21-9(15(27)28)3-6-12(19)24/h7-9H,1-6,16H2,(H2,17,22)(H2,18,23)(H2,19,24)(H,20,25)(H,21,26)(H,27,28). The fourth-order valence-corrected chi connectivity index (χ4v) is 2.08. The molecule has 28 heavy (non-hydrogen) atoms. The topological polar surface area (TPSA) is 251 Å². The molecule has 3 atom stereocenters. The maximum Gasteiger partial charge on any atom is 0.326 e. The molecule has 0 spiro atoms. The number of nitrogens with one attached hydrogen (secondary N) is 2. The number of amides is 5. The molecule has 0 aromatic carbocycles. The highest BCUT2D eigenvalue weighted by atomic mass is 16.4. The summed E-state index contributed by atoms with van der Waals surface area (Å²) < 4.78 is 0. The average molecular weight is 402 g/mol. The van der Waals surface area contributed by atoms with Crippen LogP contribution < -0.4 is 33.6 Å². The molecule has 13 heteroatoms. The van der Waals surface area contributed by atoms with Crippen molar-refractivity contribution in [3.8, 4) is 0 Å². The van der Waals surface area contributed by atoms with Crippen LogP contribution in [-0.2, 0) is 28.8 Å². The summed E-state index contributed by atoms with van der Waals surface area (Å²) >= 11 is 0. The molecule has 0 heterocycles. The smallest absolute Gasteiger partial charge is 0.326 e. The third-order valence-corrected chi connectivity index (χ3v) is 3.64. The molecule has 13 nitrogen and oxygen atoms in total. The first-order valence-corrected chi connectivity index (χ1v) is 8.38. The van der Waals surface area contributed by atoms with E-state index in [1.54, 1.807) is 0 Å². The number of rotatable bonds is 14. The quantitative estimate of drug-likeness (QED) is 0.151. The SMILES string of the molecule is NC(=O)CCC(N)C(=O)NC(CCC(N)=O)C(=O)NC(CCC(N)=O)C(=O)O. The lowest BCUT2D eigenvalue weighted by atomic mass is 10.1. The minimum absolute atomic E-state index is 0.0678. The molecule has 0 aromatic heterocycles. The highest BCUT2D eigenvalue weighted by Crippen LogP contribution is 2.04. The monoisotopic (exact) mass is 402 g/mol. The Morgan fingerprint density at radius 2 is 1.07 bits per heavy atom. The van der Waals surface area contributed by atoms with E-state index in [4.69, 9.17) is 28.0 Å². The first-order valence-electron chi connectivity index (χ1n) is 8.38. The highest BCUT2D eigenvalue weighted by Gasteiger charge is 2.28. The van der Waals surface area contributed by atoms with Gasteiger partial charge in [0.2, 0.25) is 29.5 Å². The summed E-state index contributed by atoms with van der Waals surface area (Å²) in [5.41, 5.74) is 20.6. The van der Waals surface area contributed by atoms with Crippen LogP contribution in [0.3, 0.4) is 0 Å². The number of nitrogens with two attached hydrogens (primary N) is 4. The molecule has 5 amide bonds. The molecule has 0 aliphatic carbocycles. The summed E-state index contributed by atoms with van der Waals surface area (Å²) in [6, 6.07) is -3.90. The van der Waals surface area contributed by atoms with Gasteiger partial charge in [0.1, 0.15) is 12.1 Å². The molecule has 11 N–H and O–H groups in total. The summed E-state index contributed by atoms with van der Waals surface area (Å²) in [4.78, 5) is 68.2. The van der Waals surface area contributed by atoms with E-state index in [9.17, 15) is 28.8 Å². The Morgan fingerprint density at radius 3 is 1.50 bits per heavy atom. The Hall–Kier alpha value is -3.22. The van der Waals surface area contributed by atoms with Gasteiger partial charge < -0.3 is 38.7 Å². The first kappa shape index (κ1) is 24.8. The number of hydrogen-bond donors (Lipinski definition) is 7. The van der Waals surface area contributed by atoms with Crippen LogP contribution in [0.5, 0.6) is 0 Å². The second kappa shape index (κ2) is 12.2. The number of primary amides is 3. The van der Waals surface area contributed by atoms with Crippen LogP contribution in [0.1, 0.15) is 38.5 Å². The van der Waals surface area contributed by atoms with Gasteiger partial charge in [-0.05, 0) is 19.3 Å². The summed E-state index contributed by atoms with van der Waals surface area (Å²) in [5, 5.41) is 13.6. The van der Waals surface area contributed by atoms with Gasteiger partial charge in [0.15, 0.2) is 0 Å². The average Bonchev–Trinajstić information content (AvgIpc) is 2.58. The zero-order valence-electron chi connectivity index (χ0n) is 15.2. The number of carboxylic acid groups (broad SMARTS) is 1. The fourth-order valence-electron chi connectivity index (χ4n) is 2.08. The molecule has 0 aromatic rings. The van der Waals surface area contributed by atoms with Crippen LogP contribution in [0.25, 0.3) is 0 Å². The lowest BCUT2D eigenvalue weighted by Crippen LogP contribution is -2.54. The second-order valence-electron chi connectivity index (χ2n) is 6.08. The molecular formula is C15H26N6O7. The molecule has 3 unspecified atom stereocenters. The lowest BCUT2D eigenvalue weighted by Gasteiger charge is -2.22. The largest absolute Gasteiger partial charge is 0.480 e. The highest BCUT2D eigenvalue weighted by molar-refractivity contribution is 5.92. The minimum atomic E-state index is -1.43. The van der Waals surface area contributed by atoms with E-state index in [0.29, 0.717) is 0 Å². The van der Waals surface area contributed by atoms with E-state index in [2.05, 4.69) is 10.6 Å². The van der Waals surface area contributed by atoms with Crippen molar-refractivity contribution in [3.05, 3.63) is 0 Å². The first-order chi connectivity index (χ1) is 12.9. The molecule has 0 rings (SSSR count). The lowest BCUT2D eigenvalue weighted by molar-refractivity contribution is -0.142. The Kier molecular flexibility index (Phi) is 10.8. The van der Waals surface area contributed by atoms with E-state index in [-0.39, 0.29) is 38.5 Å². The van der Waals surface area contributed by atoms with Gasteiger partial charge in [-0.2, -0.15) is 0 Å². The molecule has 0 saturated carbocycles. The van der Waals surface area contributed by atoms with Crippen LogP contribution in [0.2, 0.25) is 0 Å². The van der Waals surface area contributed by atoms with E-state index in [1.807, 2.05) is 0 Å².